The van der Waals surface area contributed by atoms with Gasteiger partial charge in [-0.15, -0.1) is 0 Å². The number of nitrogens with zero attached hydrogens (tertiary/aromatic N) is 1. The predicted molar refractivity (Wildman–Crippen MR) is 94.6 cm³/mol. The lowest BCUT2D eigenvalue weighted by Crippen LogP contribution is -2.43. The third-order valence-corrected chi connectivity index (χ3v) is 5.45. The first-order chi connectivity index (χ1) is 11.6. The van der Waals surface area contributed by atoms with E-state index in [-0.39, 0.29) is 23.8 Å². The Morgan fingerprint density at radius 1 is 1.33 bits per heavy atom. The molecule has 3 atom stereocenters. The number of para-hydroxylation sites is 1. The molecule has 0 aromatic heterocycles. The third kappa shape index (κ3) is 3.31. The van der Waals surface area contributed by atoms with Gasteiger partial charge in [0.05, 0.1) is 5.92 Å². The van der Waals surface area contributed by atoms with Crippen LogP contribution in [0.3, 0.4) is 0 Å². The normalized spacial score (nSPS) is 26.8. The molecule has 1 saturated carbocycles. The monoisotopic (exact) mass is 329 g/mol. The van der Waals surface area contributed by atoms with Gasteiger partial charge in [-0.2, -0.15) is 0 Å². The summed E-state index contributed by atoms with van der Waals surface area (Å²) in [5, 5.41) is 3.15. The highest BCUT2D eigenvalue weighted by Gasteiger charge is 2.37. The molecule has 0 radical (unpaired) electrons. The lowest BCUT2D eigenvalue weighted by molar-refractivity contribution is -0.127. The molecule has 130 valence electrons. The summed E-state index contributed by atoms with van der Waals surface area (Å²) in [7, 11) is 0. The minimum absolute atomic E-state index is 0.00480. The maximum absolute atomic E-state index is 12.6. The van der Waals surface area contributed by atoms with E-state index in [0.29, 0.717) is 25.4 Å². The zero-order valence-corrected chi connectivity index (χ0v) is 14.3. The number of hydrogen-bond donors (Lipinski definition) is 2. The van der Waals surface area contributed by atoms with E-state index in [4.69, 9.17) is 5.73 Å². The summed E-state index contributed by atoms with van der Waals surface area (Å²) in [5.41, 5.74) is 7.88. The average molecular weight is 329 g/mol. The minimum atomic E-state index is -0.263. The van der Waals surface area contributed by atoms with Crippen LogP contribution in [0, 0.1) is 11.8 Å². The van der Waals surface area contributed by atoms with Crippen molar-refractivity contribution in [2.24, 2.45) is 17.6 Å². The molecule has 3 rings (SSSR count). The number of amides is 2. The smallest absolute Gasteiger partial charge is 0.227 e. The van der Waals surface area contributed by atoms with Crippen LogP contribution in [0.1, 0.15) is 38.2 Å². The van der Waals surface area contributed by atoms with Gasteiger partial charge in [-0.1, -0.05) is 31.5 Å². The Bertz CT molecular complexity index is 616. The van der Waals surface area contributed by atoms with E-state index in [9.17, 15) is 9.59 Å². The van der Waals surface area contributed by atoms with Crippen LogP contribution in [0.5, 0.6) is 0 Å². The zero-order chi connectivity index (χ0) is 17.1. The Morgan fingerprint density at radius 3 is 2.88 bits per heavy atom. The molecular formula is C19H27N3O2. The second kappa shape index (κ2) is 7.34. The molecule has 5 nitrogen and oxygen atoms in total. The van der Waals surface area contributed by atoms with Crippen molar-refractivity contribution in [2.45, 2.75) is 45.1 Å². The van der Waals surface area contributed by atoms with Crippen molar-refractivity contribution in [2.75, 3.05) is 18.0 Å². The SMILES string of the molecule is CCc1ccccc1N1CC(C(=O)NC2CCCC2CN)CC1=O. The van der Waals surface area contributed by atoms with E-state index >= 15 is 0 Å². The Balaban J connectivity index is 1.67. The molecule has 1 saturated heterocycles. The molecule has 3 N–H and O–H groups in total. The summed E-state index contributed by atoms with van der Waals surface area (Å²) in [6.45, 7) is 3.17. The minimum Gasteiger partial charge on any atom is -0.353 e. The van der Waals surface area contributed by atoms with Crippen LogP contribution >= 0.6 is 0 Å². The molecule has 2 amide bonds. The van der Waals surface area contributed by atoms with Gasteiger partial charge in [0.1, 0.15) is 0 Å². The number of carbonyl (C=O) groups is 2. The van der Waals surface area contributed by atoms with Crippen molar-refractivity contribution >= 4 is 17.5 Å². The molecule has 1 aliphatic carbocycles. The standard InChI is InChI=1S/C19H27N3O2/c1-2-13-6-3-4-9-17(13)22-12-15(10-18(22)23)19(24)21-16-8-5-7-14(16)11-20/h3-4,6,9,14-16H,2,5,7-8,10-12,20H2,1H3,(H,21,24). The first kappa shape index (κ1) is 17.0. The van der Waals surface area contributed by atoms with Crippen LogP contribution < -0.4 is 16.0 Å². The van der Waals surface area contributed by atoms with Crippen molar-refractivity contribution in [1.82, 2.24) is 5.32 Å². The lowest BCUT2D eigenvalue weighted by atomic mass is 10.0. The topological polar surface area (TPSA) is 75.4 Å². The number of aryl methyl sites for hydroxylation is 1. The lowest BCUT2D eigenvalue weighted by Gasteiger charge is -2.22. The second-order valence-electron chi connectivity index (χ2n) is 6.93. The zero-order valence-electron chi connectivity index (χ0n) is 14.3. The fourth-order valence-electron chi connectivity index (χ4n) is 4.00. The van der Waals surface area contributed by atoms with Crippen molar-refractivity contribution in [3.63, 3.8) is 0 Å². The molecule has 24 heavy (non-hydrogen) atoms. The number of nitrogens with two attached hydrogens (primary N) is 1. The van der Waals surface area contributed by atoms with E-state index in [2.05, 4.69) is 12.2 Å². The summed E-state index contributed by atoms with van der Waals surface area (Å²) in [4.78, 5) is 26.8. The van der Waals surface area contributed by atoms with Crippen LogP contribution in [0.25, 0.3) is 0 Å². The summed E-state index contributed by atoms with van der Waals surface area (Å²) >= 11 is 0. The predicted octanol–water partition coefficient (Wildman–Crippen LogP) is 1.85. The van der Waals surface area contributed by atoms with Gasteiger partial charge >= 0.3 is 0 Å². The summed E-state index contributed by atoms with van der Waals surface area (Å²) in [5.74, 6) is 0.160. The molecule has 1 aromatic rings. The van der Waals surface area contributed by atoms with Crippen LogP contribution in [-0.4, -0.2) is 30.9 Å². The van der Waals surface area contributed by atoms with Gasteiger partial charge in [-0.25, -0.2) is 0 Å². The fraction of sp³-hybridized carbons (Fsp3) is 0.579. The summed E-state index contributed by atoms with van der Waals surface area (Å²) < 4.78 is 0. The number of anilines is 1. The highest BCUT2D eigenvalue weighted by molar-refractivity contribution is 6.00. The first-order valence-corrected chi connectivity index (χ1v) is 9.02. The Labute approximate surface area is 143 Å². The van der Waals surface area contributed by atoms with E-state index < -0.39 is 0 Å². The molecule has 5 heteroatoms. The van der Waals surface area contributed by atoms with E-state index in [0.717, 1.165) is 36.9 Å². The quantitative estimate of drug-likeness (QED) is 0.865. The van der Waals surface area contributed by atoms with E-state index in [1.165, 1.54) is 0 Å². The maximum Gasteiger partial charge on any atom is 0.227 e. The number of rotatable bonds is 5. The van der Waals surface area contributed by atoms with E-state index in [1.54, 1.807) is 4.90 Å². The Morgan fingerprint density at radius 2 is 2.12 bits per heavy atom. The van der Waals surface area contributed by atoms with Crippen molar-refractivity contribution in [3.05, 3.63) is 29.8 Å². The number of nitrogens with one attached hydrogen (secondary N) is 1. The largest absolute Gasteiger partial charge is 0.353 e. The van der Waals surface area contributed by atoms with Crippen LogP contribution in [0.15, 0.2) is 24.3 Å². The Kier molecular flexibility index (Phi) is 5.19. The molecule has 3 unspecified atom stereocenters. The highest BCUT2D eigenvalue weighted by atomic mass is 16.2. The third-order valence-electron chi connectivity index (χ3n) is 5.45. The summed E-state index contributed by atoms with van der Waals surface area (Å²) in [6.07, 6.45) is 4.37. The van der Waals surface area contributed by atoms with Gasteiger partial charge in [-0.3, -0.25) is 9.59 Å². The van der Waals surface area contributed by atoms with Crippen molar-refractivity contribution in [1.29, 1.82) is 0 Å². The van der Waals surface area contributed by atoms with Crippen LogP contribution in [-0.2, 0) is 16.0 Å². The van der Waals surface area contributed by atoms with E-state index in [1.807, 2.05) is 24.3 Å². The van der Waals surface area contributed by atoms with Gasteiger partial charge < -0.3 is 16.0 Å². The molecule has 1 heterocycles. The second-order valence-corrected chi connectivity index (χ2v) is 6.93. The van der Waals surface area contributed by atoms with Gasteiger partial charge in [-0.05, 0) is 43.4 Å². The fourth-order valence-corrected chi connectivity index (χ4v) is 4.00. The highest BCUT2D eigenvalue weighted by Crippen LogP contribution is 2.30. The molecule has 2 aliphatic rings. The van der Waals surface area contributed by atoms with Crippen LogP contribution in [0.2, 0.25) is 0 Å². The van der Waals surface area contributed by atoms with Crippen molar-refractivity contribution < 1.29 is 9.59 Å². The molecule has 2 fully saturated rings. The Hall–Kier alpha value is -1.88. The van der Waals surface area contributed by atoms with Gasteiger partial charge in [0.2, 0.25) is 11.8 Å². The number of carbonyl (C=O) groups excluding carboxylic acids is 2. The average Bonchev–Trinajstić information content (AvgIpc) is 3.21. The summed E-state index contributed by atoms with van der Waals surface area (Å²) in [6, 6.07) is 8.12. The maximum atomic E-state index is 12.6. The molecular weight excluding hydrogens is 302 g/mol. The number of hydrogen-bond acceptors (Lipinski definition) is 3. The molecule has 1 aromatic carbocycles. The van der Waals surface area contributed by atoms with Crippen LogP contribution in [0.4, 0.5) is 5.69 Å². The van der Waals surface area contributed by atoms with Gasteiger partial charge in [0.15, 0.2) is 0 Å². The van der Waals surface area contributed by atoms with Gasteiger partial charge in [0.25, 0.3) is 0 Å². The molecule has 0 spiro atoms. The first-order valence-electron chi connectivity index (χ1n) is 9.02. The van der Waals surface area contributed by atoms with Gasteiger partial charge in [0, 0.05) is 24.7 Å². The molecule has 0 bridgehead atoms. The van der Waals surface area contributed by atoms with Crippen molar-refractivity contribution in [3.8, 4) is 0 Å². The number of benzene rings is 1. The molecule has 1 aliphatic heterocycles.